The second-order valence-electron chi connectivity index (χ2n) is 4.08. The topological polar surface area (TPSA) is 67.8 Å². The summed E-state index contributed by atoms with van der Waals surface area (Å²) in [6.07, 6.45) is 4.60. The van der Waals surface area contributed by atoms with E-state index in [-0.39, 0.29) is 6.61 Å². The lowest BCUT2D eigenvalue weighted by molar-refractivity contribution is -0.140. The standard InChI is InChI=1S/C11H21NO4/c1-15-8-10(11(13)14)12-6-5-9-4-2-3-7-16-9/h9-10,12H,2-8H2,1H3,(H,13,14). The molecule has 0 aromatic carbocycles. The lowest BCUT2D eigenvalue weighted by Gasteiger charge is -2.23. The molecule has 0 aromatic rings. The Morgan fingerprint density at radius 2 is 2.44 bits per heavy atom. The first-order chi connectivity index (χ1) is 7.74. The molecule has 5 nitrogen and oxygen atoms in total. The van der Waals surface area contributed by atoms with Gasteiger partial charge in [0.05, 0.1) is 12.7 Å². The maximum Gasteiger partial charge on any atom is 0.323 e. The van der Waals surface area contributed by atoms with E-state index in [0.717, 1.165) is 25.9 Å². The van der Waals surface area contributed by atoms with Crippen molar-refractivity contribution in [3.63, 3.8) is 0 Å². The molecule has 2 unspecified atom stereocenters. The predicted molar refractivity (Wildman–Crippen MR) is 59.5 cm³/mol. The van der Waals surface area contributed by atoms with Gasteiger partial charge in [-0.15, -0.1) is 0 Å². The minimum absolute atomic E-state index is 0.195. The van der Waals surface area contributed by atoms with Crippen LogP contribution < -0.4 is 5.32 Å². The molecule has 2 N–H and O–H groups in total. The SMILES string of the molecule is COCC(NCCC1CCCCO1)C(=O)O. The zero-order valence-corrected chi connectivity index (χ0v) is 9.78. The zero-order chi connectivity index (χ0) is 11.8. The maximum atomic E-state index is 10.8. The molecule has 0 aliphatic carbocycles. The van der Waals surface area contributed by atoms with E-state index in [1.165, 1.54) is 13.5 Å². The molecule has 1 rings (SSSR count). The molecule has 1 saturated heterocycles. The molecule has 0 bridgehead atoms. The lowest BCUT2D eigenvalue weighted by Crippen LogP contribution is -2.41. The van der Waals surface area contributed by atoms with Crippen molar-refractivity contribution in [1.29, 1.82) is 0 Å². The molecule has 0 saturated carbocycles. The van der Waals surface area contributed by atoms with Crippen LogP contribution in [0.1, 0.15) is 25.7 Å². The molecule has 94 valence electrons. The van der Waals surface area contributed by atoms with Gasteiger partial charge in [-0.3, -0.25) is 4.79 Å². The van der Waals surface area contributed by atoms with E-state index in [1.807, 2.05) is 0 Å². The number of methoxy groups -OCH3 is 1. The summed E-state index contributed by atoms with van der Waals surface area (Å²) in [4.78, 5) is 10.8. The number of hydrogen-bond donors (Lipinski definition) is 2. The molecule has 2 atom stereocenters. The summed E-state index contributed by atoms with van der Waals surface area (Å²) in [6.45, 7) is 1.69. The molecule has 5 heteroatoms. The van der Waals surface area contributed by atoms with E-state index in [1.54, 1.807) is 0 Å². The Morgan fingerprint density at radius 1 is 1.62 bits per heavy atom. The van der Waals surface area contributed by atoms with Gasteiger partial charge in [-0.1, -0.05) is 0 Å². The highest BCUT2D eigenvalue weighted by molar-refractivity contribution is 5.73. The fraction of sp³-hybridized carbons (Fsp3) is 0.909. The van der Waals surface area contributed by atoms with Crippen LogP contribution in [0, 0.1) is 0 Å². The van der Waals surface area contributed by atoms with Crippen LogP contribution in [0.3, 0.4) is 0 Å². The summed E-state index contributed by atoms with van der Waals surface area (Å²) in [5, 5.41) is 11.8. The second kappa shape index (κ2) is 7.60. The zero-order valence-electron chi connectivity index (χ0n) is 9.78. The Hall–Kier alpha value is -0.650. The van der Waals surface area contributed by atoms with E-state index in [4.69, 9.17) is 14.6 Å². The first kappa shape index (κ1) is 13.4. The van der Waals surface area contributed by atoms with Crippen molar-refractivity contribution in [2.24, 2.45) is 0 Å². The number of aliphatic carboxylic acids is 1. The highest BCUT2D eigenvalue weighted by Gasteiger charge is 2.18. The smallest absolute Gasteiger partial charge is 0.323 e. The fourth-order valence-corrected chi connectivity index (χ4v) is 1.84. The number of carboxylic acids is 1. The molecule has 1 aliphatic heterocycles. The van der Waals surface area contributed by atoms with Crippen LogP contribution in [-0.2, 0) is 14.3 Å². The van der Waals surface area contributed by atoms with Crippen LogP contribution in [-0.4, -0.2) is 50.1 Å². The summed E-state index contributed by atoms with van der Waals surface area (Å²) in [7, 11) is 1.50. The summed E-state index contributed by atoms with van der Waals surface area (Å²) >= 11 is 0. The van der Waals surface area contributed by atoms with Crippen LogP contribution in [0.25, 0.3) is 0 Å². The quantitative estimate of drug-likeness (QED) is 0.673. The lowest BCUT2D eigenvalue weighted by atomic mass is 10.1. The monoisotopic (exact) mass is 231 g/mol. The molecular formula is C11H21NO4. The van der Waals surface area contributed by atoms with Gasteiger partial charge in [0.1, 0.15) is 6.04 Å². The predicted octanol–water partition coefficient (Wildman–Crippen LogP) is 0.635. The summed E-state index contributed by atoms with van der Waals surface area (Å²) < 4.78 is 10.4. The molecule has 0 radical (unpaired) electrons. The van der Waals surface area contributed by atoms with Crippen LogP contribution in [0.2, 0.25) is 0 Å². The van der Waals surface area contributed by atoms with Crippen molar-refractivity contribution in [1.82, 2.24) is 5.32 Å². The average molecular weight is 231 g/mol. The summed E-state index contributed by atoms with van der Waals surface area (Å²) in [6, 6.07) is -0.617. The van der Waals surface area contributed by atoms with E-state index in [0.29, 0.717) is 12.6 Å². The molecule has 0 aromatic heterocycles. The first-order valence-electron chi connectivity index (χ1n) is 5.80. The van der Waals surface area contributed by atoms with E-state index < -0.39 is 12.0 Å². The second-order valence-corrected chi connectivity index (χ2v) is 4.08. The van der Waals surface area contributed by atoms with Gasteiger partial charge in [0, 0.05) is 13.7 Å². The minimum Gasteiger partial charge on any atom is -0.480 e. The number of ether oxygens (including phenoxy) is 2. The van der Waals surface area contributed by atoms with Gasteiger partial charge < -0.3 is 19.9 Å². The van der Waals surface area contributed by atoms with Gasteiger partial charge in [0.25, 0.3) is 0 Å². The summed E-state index contributed by atoms with van der Waals surface area (Å²) in [5.74, 6) is -0.869. The van der Waals surface area contributed by atoms with Gasteiger partial charge >= 0.3 is 5.97 Å². The van der Waals surface area contributed by atoms with Crippen LogP contribution in [0.15, 0.2) is 0 Å². The van der Waals surface area contributed by atoms with E-state index in [9.17, 15) is 4.79 Å². The van der Waals surface area contributed by atoms with Crippen molar-refractivity contribution in [2.45, 2.75) is 37.8 Å². The molecule has 1 aliphatic rings. The van der Waals surface area contributed by atoms with Gasteiger partial charge in [-0.2, -0.15) is 0 Å². The van der Waals surface area contributed by atoms with Crippen molar-refractivity contribution < 1.29 is 19.4 Å². The Morgan fingerprint density at radius 3 is 3.00 bits per heavy atom. The van der Waals surface area contributed by atoms with Crippen LogP contribution in [0.4, 0.5) is 0 Å². The fourth-order valence-electron chi connectivity index (χ4n) is 1.84. The van der Waals surface area contributed by atoms with Gasteiger partial charge in [-0.05, 0) is 32.2 Å². The Bertz CT molecular complexity index is 204. The molecular weight excluding hydrogens is 210 g/mol. The number of rotatable bonds is 7. The van der Waals surface area contributed by atoms with Gasteiger partial charge in [-0.25, -0.2) is 0 Å². The van der Waals surface area contributed by atoms with Gasteiger partial charge in [0.2, 0.25) is 0 Å². The molecule has 1 heterocycles. The highest BCUT2D eigenvalue weighted by Crippen LogP contribution is 2.14. The van der Waals surface area contributed by atoms with Gasteiger partial charge in [0.15, 0.2) is 0 Å². The van der Waals surface area contributed by atoms with Crippen molar-refractivity contribution in [3.8, 4) is 0 Å². The average Bonchev–Trinajstić information content (AvgIpc) is 2.29. The van der Waals surface area contributed by atoms with Crippen molar-refractivity contribution in [2.75, 3.05) is 26.9 Å². The van der Waals surface area contributed by atoms with Crippen molar-refractivity contribution in [3.05, 3.63) is 0 Å². The number of hydrogen-bond acceptors (Lipinski definition) is 4. The van der Waals surface area contributed by atoms with Crippen molar-refractivity contribution >= 4 is 5.97 Å². The van der Waals surface area contributed by atoms with Crippen LogP contribution >= 0.6 is 0 Å². The maximum absolute atomic E-state index is 10.8. The number of nitrogens with one attached hydrogen (secondary N) is 1. The summed E-state index contributed by atoms with van der Waals surface area (Å²) in [5.41, 5.74) is 0. The molecule has 0 spiro atoms. The molecule has 1 fully saturated rings. The normalized spacial score (nSPS) is 22.9. The third kappa shape index (κ3) is 4.92. The third-order valence-corrected chi connectivity index (χ3v) is 2.76. The van der Waals surface area contributed by atoms with E-state index >= 15 is 0 Å². The Labute approximate surface area is 96.1 Å². The minimum atomic E-state index is -0.869. The molecule has 16 heavy (non-hydrogen) atoms. The van der Waals surface area contributed by atoms with Crippen LogP contribution in [0.5, 0.6) is 0 Å². The number of carboxylic acid groups (broad SMARTS) is 1. The van der Waals surface area contributed by atoms with E-state index in [2.05, 4.69) is 5.32 Å². The molecule has 0 amide bonds. The third-order valence-electron chi connectivity index (χ3n) is 2.76. The largest absolute Gasteiger partial charge is 0.480 e. The Kier molecular flexibility index (Phi) is 6.37. The Balaban J connectivity index is 2.13. The first-order valence-corrected chi connectivity index (χ1v) is 5.80. The number of carbonyl (C=O) groups is 1. The highest BCUT2D eigenvalue weighted by atomic mass is 16.5.